The fourth-order valence-corrected chi connectivity index (χ4v) is 1.64. The number of aromatic nitrogens is 2. The van der Waals surface area contributed by atoms with Crippen LogP contribution in [0, 0.1) is 5.92 Å². The molecule has 1 saturated carbocycles. The monoisotopic (exact) mass is 256 g/mol. The summed E-state index contributed by atoms with van der Waals surface area (Å²) < 4.78 is 0.765. The van der Waals surface area contributed by atoms with Crippen LogP contribution in [0.4, 0.5) is 0 Å². The number of hydrogen-bond acceptors (Lipinski definition) is 3. The Bertz CT molecular complexity index is 348. The lowest BCUT2D eigenvalue weighted by molar-refractivity contribution is -0.139. The minimum absolute atomic E-state index is 0.230. The van der Waals surface area contributed by atoms with Crippen molar-refractivity contribution < 1.29 is 9.90 Å². The van der Waals surface area contributed by atoms with Crippen LogP contribution in [-0.4, -0.2) is 21.0 Å². The number of aliphatic carboxylic acids is 1. The van der Waals surface area contributed by atoms with Crippen LogP contribution in [0.3, 0.4) is 0 Å². The topological polar surface area (TPSA) is 63.1 Å². The van der Waals surface area contributed by atoms with Gasteiger partial charge in [0.15, 0.2) is 0 Å². The molecule has 1 atom stereocenters. The van der Waals surface area contributed by atoms with Crippen molar-refractivity contribution in [1.29, 1.82) is 0 Å². The van der Waals surface area contributed by atoms with E-state index in [-0.39, 0.29) is 5.92 Å². The summed E-state index contributed by atoms with van der Waals surface area (Å²) >= 11 is 3.21. The van der Waals surface area contributed by atoms with Gasteiger partial charge < -0.3 is 5.11 Å². The molecule has 0 aliphatic heterocycles. The van der Waals surface area contributed by atoms with Gasteiger partial charge in [-0.2, -0.15) is 0 Å². The number of nitrogens with zero attached hydrogens (tertiary/aromatic N) is 2. The van der Waals surface area contributed by atoms with E-state index in [1.807, 2.05) is 0 Å². The third-order valence-corrected chi connectivity index (χ3v) is 2.69. The molecule has 1 aromatic heterocycles. The van der Waals surface area contributed by atoms with E-state index in [1.165, 1.54) is 0 Å². The van der Waals surface area contributed by atoms with Crippen LogP contribution in [-0.2, 0) is 4.79 Å². The Balaban J connectivity index is 2.26. The molecule has 1 aliphatic carbocycles. The molecule has 14 heavy (non-hydrogen) atoms. The summed E-state index contributed by atoms with van der Waals surface area (Å²) in [6, 6.07) is 0. The van der Waals surface area contributed by atoms with Crippen molar-refractivity contribution in [2.45, 2.75) is 18.8 Å². The summed E-state index contributed by atoms with van der Waals surface area (Å²) in [4.78, 5) is 19.0. The largest absolute Gasteiger partial charge is 0.481 e. The van der Waals surface area contributed by atoms with E-state index in [1.54, 1.807) is 12.4 Å². The molecule has 0 aromatic carbocycles. The quantitative estimate of drug-likeness (QED) is 0.896. The van der Waals surface area contributed by atoms with Crippen molar-refractivity contribution in [1.82, 2.24) is 9.97 Å². The average molecular weight is 257 g/mol. The van der Waals surface area contributed by atoms with E-state index < -0.39 is 11.9 Å². The molecule has 1 aromatic rings. The normalized spacial score (nSPS) is 17.8. The standard InChI is InChI=1S/C9H9BrN2O2/c10-6-3-11-8(12-4-6)7(9(13)14)5-1-2-5/h3-5,7H,1-2H2,(H,13,14). The first-order valence-electron chi connectivity index (χ1n) is 4.38. The maximum absolute atomic E-state index is 11.0. The summed E-state index contributed by atoms with van der Waals surface area (Å²) in [7, 11) is 0. The van der Waals surface area contributed by atoms with E-state index >= 15 is 0 Å². The van der Waals surface area contributed by atoms with Crippen molar-refractivity contribution in [2.24, 2.45) is 5.92 Å². The summed E-state index contributed by atoms with van der Waals surface area (Å²) in [5, 5.41) is 9.01. The van der Waals surface area contributed by atoms with E-state index in [0.29, 0.717) is 5.82 Å². The van der Waals surface area contributed by atoms with E-state index in [0.717, 1.165) is 17.3 Å². The van der Waals surface area contributed by atoms with E-state index in [2.05, 4.69) is 25.9 Å². The van der Waals surface area contributed by atoms with Gasteiger partial charge in [-0.1, -0.05) is 0 Å². The zero-order valence-corrected chi connectivity index (χ0v) is 8.94. The number of halogens is 1. The minimum atomic E-state index is -0.824. The van der Waals surface area contributed by atoms with Gasteiger partial charge in [0.1, 0.15) is 11.7 Å². The first kappa shape index (κ1) is 9.58. The van der Waals surface area contributed by atoms with Crippen LogP contribution in [0.1, 0.15) is 24.6 Å². The number of carbonyl (C=O) groups is 1. The van der Waals surface area contributed by atoms with Gasteiger partial charge >= 0.3 is 5.97 Å². The number of rotatable bonds is 3. The highest BCUT2D eigenvalue weighted by molar-refractivity contribution is 9.10. The number of carboxylic acid groups (broad SMARTS) is 1. The molecule has 0 amide bonds. The second-order valence-corrected chi connectivity index (χ2v) is 4.33. The zero-order chi connectivity index (χ0) is 10.1. The highest BCUT2D eigenvalue weighted by atomic mass is 79.9. The Morgan fingerprint density at radius 2 is 2.07 bits per heavy atom. The molecule has 0 saturated heterocycles. The van der Waals surface area contributed by atoms with Crippen molar-refractivity contribution >= 4 is 21.9 Å². The van der Waals surface area contributed by atoms with E-state index in [4.69, 9.17) is 5.11 Å². The van der Waals surface area contributed by atoms with Crippen LogP contribution < -0.4 is 0 Å². The molecule has 1 heterocycles. The van der Waals surface area contributed by atoms with Gasteiger partial charge in [0, 0.05) is 12.4 Å². The van der Waals surface area contributed by atoms with Gasteiger partial charge in [0.05, 0.1) is 4.47 Å². The Hall–Kier alpha value is -0.970. The van der Waals surface area contributed by atoms with Gasteiger partial charge in [-0.05, 0) is 34.7 Å². The van der Waals surface area contributed by atoms with Crippen molar-refractivity contribution in [3.63, 3.8) is 0 Å². The van der Waals surface area contributed by atoms with Crippen LogP contribution in [0.5, 0.6) is 0 Å². The van der Waals surface area contributed by atoms with Crippen molar-refractivity contribution in [3.8, 4) is 0 Å². The van der Waals surface area contributed by atoms with Crippen molar-refractivity contribution in [3.05, 3.63) is 22.7 Å². The highest BCUT2D eigenvalue weighted by Crippen LogP contribution is 2.41. The molecule has 1 unspecified atom stereocenters. The lowest BCUT2D eigenvalue weighted by Crippen LogP contribution is -2.16. The SMILES string of the molecule is O=C(O)C(c1ncc(Br)cn1)C1CC1. The zero-order valence-electron chi connectivity index (χ0n) is 7.35. The summed E-state index contributed by atoms with van der Waals surface area (Å²) in [6.07, 6.45) is 5.11. The van der Waals surface area contributed by atoms with E-state index in [9.17, 15) is 4.79 Å². The van der Waals surface area contributed by atoms with Gasteiger partial charge in [0.25, 0.3) is 0 Å². The second kappa shape index (κ2) is 3.65. The molecule has 1 fully saturated rings. The summed E-state index contributed by atoms with van der Waals surface area (Å²) in [5.74, 6) is -0.699. The lowest BCUT2D eigenvalue weighted by Gasteiger charge is -2.08. The smallest absolute Gasteiger partial charge is 0.314 e. The van der Waals surface area contributed by atoms with Crippen LogP contribution in [0.15, 0.2) is 16.9 Å². The highest BCUT2D eigenvalue weighted by Gasteiger charge is 2.39. The van der Waals surface area contributed by atoms with Gasteiger partial charge in [-0.25, -0.2) is 9.97 Å². The molecule has 4 nitrogen and oxygen atoms in total. The Kier molecular flexibility index (Phi) is 2.50. The molecule has 1 N–H and O–H groups in total. The summed E-state index contributed by atoms with van der Waals surface area (Å²) in [6.45, 7) is 0. The van der Waals surface area contributed by atoms with Crippen molar-refractivity contribution in [2.75, 3.05) is 0 Å². The number of hydrogen-bond donors (Lipinski definition) is 1. The van der Waals surface area contributed by atoms with Gasteiger partial charge in [0.2, 0.25) is 0 Å². The first-order chi connectivity index (χ1) is 6.68. The fourth-order valence-electron chi connectivity index (χ4n) is 1.44. The molecule has 2 rings (SSSR count). The molecule has 1 aliphatic rings. The average Bonchev–Trinajstić information content (AvgIpc) is 2.92. The Morgan fingerprint density at radius 1 is 1.50 bits per heavy atom. The minimum Gasteiger partial charge on any atom is -0.481 e. The predicted octanol–water partition coefficient (Wildman–Crippen LogP) is 1.82. The Morgan fingerprint density at radius 3 is 2.50 bits per heavy atom. The predicted molar refractivity (Wildman–Crippen MR) is 52.8 cm³/mol. The molecular weight excluding hydrogens is 248 g/mol. The maximum atomic E-state index is 11.0. The molecule has 0 spiro atoms. The molecule has 0 bridgehead atoms. The number of carboxylic acids is 1. The third kappa shape index (κ3) is 1.92. The molecule has 0 radical (unpaired) electrons. The fraction of sp³-hybridized carbons (Fsp3) is 0.444. The molecule has 74 valence electrons. The molecule has 5 heteroatoms. The van der Waals surface area contributed by atoms with Gasteiger partial charge in [-0.3, -0.25) is 4.79 Å². The first-order valence-corrected chi connectivity index (χ1v) is 5.18. The van der Waals surface area contributed by atoms with Crippen LogP contribution in [0.25, 0.3) is 0 Å². The lowest BCUT2D eigenvalue weighted by atomic mass is 10.0. The summed E-state index contributed by atoms with van der Waals surface area (Å²) in [5.41, 5.74) is 0. The maximum Gasteiger partial charge on any atom is 0.314 e. The third-order valence-electron chi connectivity index (χ3n) is 2.28. The van der Waals surface area contributed by atoms with Crippen LogP contribution >= 0.6 is 15.9 Å². The van der Waals surface area contributed by atoms with Crippen LogP contribution in [0.2, 0.25) is 0 Å². The second-order valence-electron chi connectivity index (χ2n) is 3.41. The molecular formula is C9H9BrN2O2. The van der Waals surface area contributed by atoms with Gasteiger partial charge in [-0.15, -0.1) is 0 Å². The Labute approximate surface area is 89.5 Å².